The molecule has 0 atom stereocenters. The molecule has 0 aliphatic rings. The van der Waals surface area contributed by atoms with Gasteiger partial charge in [-0.1, -0.05) is 41.5 Å². The Bertz CT molecular complexity index is 796. The van der Waals surface area contributed by atoms with Crippen molar-refractivity contribution in [3.05, 3.63) is 69.3 Å². The zero-order chi connectivity index (χ0) is 16.3. The Labute approximate surface area is 129 Å². The molecular formula is C15H16N2O4S. The van der Waals surface area contributed by atoms with Gasteiger partial charge in [-0.05, 0) is 25.5 Å². The van der Waals surface area contributed by atoms with Crippen LogP contribution in [0.25, 0.3) is 0 Å². The monoisotopic (exact) mass is 320 g/mol. The van der Waals surface area contributed by atoms with Gasteiger partial charge >= 0.3 is 0 Å². The largest absolute Gasteiger partial charge is 0.289 e. The minimum absolute atomic E-state index is 0.0803. The smallest absolute Gasteiger partial charge is 0.258 e. The third-order valence-electron chi connectivity index (χ3n) is 3.10. The van der Waals surface area contributed by atoms with Crippen molar-refractivity contribution in [3.8, 4) is 0 Å². The molecule has 0 amide bonds. The van der Waals surface area contributed by atoms with Crippen LogP contribution in [-0.4, -0.2) is 13.3 Å². The van der Waals surface area contributed by atoms with E-state index in [0.29, 0.717) is 0 Å². The van der Waals surface area contributed by atoms with Crippen molar-refractivity contribution in [2.45, 2.75) is 25.3 Å². The zero-order valence-corrected chi connectivity index (χ0v) is 13.1. The van der Waals surface area contributed by atoms with Crippen molar-refractivity contribution in [3.63, 3.8) is 0 Å². The molecule has 6 nitrogen and oxygen atoms in total. The lowest BCUT2D eigenvalue weighted by Crippen LogP contribution is -2.24. The first-order valence-electron chi connectivity index (χ1n) is 6.60. The summed E-state index contributed by atoms with van der Waals surface area (Å²) in [6.45, 7) is 3.93. The number of para-hydroxylation sites is 1. The first kappa shape index (κ1) is 16.1. The number of hydrogen-bond donors (Lipinski definition) is 1. The topological polar surface area (TPSA) is 89.3 Å². The second-order valence-corrected chi connectivity index (χ2v) is 6.78. The van der Waals surface area contributed by atoms with Crippen molar-refractivity contribution in [2.75, 3.05) is 0 Å². The standard InChI is InChI=1S/C15H16N2O4S/c1-11-7-12(2)9-13(8-11)10-16-22(20,21)15-6-4-3-5-14(15)17(18)19/h3-9,16H,10H2,1-2H3. The molecule has 1 N–H and O–H groups in total. The number of nitrogens with zero attached hydrogens (tertiary/aromatic N) is 1. The molecule has 0 bridgehead atoms. The van der Waals surface area contributed by atoms with Gasteiger partial charge in [0.2, 0.25) is 10.0 Å². The fourth-order valence-corrected chi connectivity index (χ4v) is 3.45. The maximum absolute atomic E-state index is 12.3. The molecule has 0 aromatic heterocycles. The SMILES string of the molecule is Cc1cc(C)cc(CNS(=O)(=O)c2ccccc2[N+](=O)[O-])c1. The van der Waals surface area contributed by atoms with E-state index in [1.807, 2.05) is 32.0 Å². The third kappa shape index (κ3) is 3.69. The Hall–Kier alpha value is -2.25. The van der Waals surface area contributed by atoms with Crippen LogP contribution in [0.15, 0.2) is 47.4 Å². The molecule has 2 aromatic carbocycles. The maximum atomic E-state index is 12.3. The lowest BCUT2D eigenvalue weighted by atomic mass is 10.1. The highest BCUT2D eigenvalue weighted by Gasteiger charge is 2.24. The summed E-state index contributed by atoms with van der Waals surface area (Å²) in [6.07, 6.45) is 0. The van der Waals surface area contributed by atoms with Gasteiger partial charge in [0.25, 0.3) is 5.69 Å². The van der Waals surface area contributed by atoms with E-state index in [9.17, 15) is 18.5 Å². The first-order chi connectivity index (χ1) is 10.3. The van der Waals surface area contributed by atoms with Crippen LogP contribution >= 0.6 is 0 Å². The summed E-state index contributed by atoms with van der Waals surface area (Å²) in [6, 6.07) is 11.0. The Morgan fingerprint density at radius 2 is 1.68 bits per heavy atom. The van der Waals surface area contributed by atoms with Gasteiger partial charge in [0, 0.05) is 12.6 Å². The van der Waals surface area contributed by atoms with Crippen molar-refractivity contribution >= 4 is 15.7 Å². The van der Waals surface area contributed by atoms with Crippen molar-refractivity contribution < 1.29 is 13.3 Å². The Balaban J connectivity index is 2.27. The molecular weight excluding hydrogens is 304 g/mol. The van der Waals surface area contributed by atoms with Crippen LogP contribution in [0.5, 0.6) is 0 Å². The van der Waals surface area contributed by atoms with Crippen molar-refractivity contribution in [1.29, 1.82) is 0 Å². The highest BCUT2D eigenvalue weighted by Crippen LogP contribution is 2.23. The lowest BCUT2D eigenvalue weighted by molar-refractivity contribution is -0.387. The van der Waals surface area contributed by atoms with Gasteiger partial charge in [-0.2, -0.15) is 0 Å². The zero-order valence-electron chi connectivity index (χ0n) is 12.2. The number of nitro benzene ring substituents is 1. The predicted octanol–water partition coefficient (Wildman–Crippen LogP) is 2.69. The van der Waals surface area contributed by atoms with Crippen molar-refractivity contribution in [2.24, 2.45) is 0 Å². The molecule has 2 aromatic rings. The Morgan fingerprint density at radius 1 is 1.09 bits per heavy atom. The van der Waals surface area contributed by atoms with E-state index >= 15 is 0 Å². The van der Waals surface area contributed by atoms with Crippen LogP contribution in [0.2, 0.25) is 0 Å². The first-order valence-corrected chi connectivity index (χ1v) is 8.08. The van der Waals surface area contributed by atoms with Crippen molar-refractivity contribution in [1.82, 2.24) is 4.72 Å². The number of aryl methyl sites for hydroxylation is 2. The summed E-state index contributed by atoms with van der Waals surface area (Å²) in [7, 11) is -3.95. The van der Waals surface area contributed by atoms with E-state index in [4.69, 9.17) is 0 Å². The minimum atomic E-state index is -3.95. The predicted molar refractivity (Wildman–Crippen MR) is 83.0 cm³/mol. The van der Waals surface area contributed by atoms with E-state index < -0.39 is 20.6 Å². The molecule has 7 heteroatoms. The van der Waals surface area contributed by atoms with Crippen LogP contribution in [0.3, 0.4) is 0 Å². The van der Waals surface area contributed by atoms with Gasteiger partial charge in [-0.3, -0.25) is 10.1 Å². The molecule has 0 spiro atoms. The molecule has 0 saturated carbocycles. The third-order valence-corrected chi connectivity index (χ3v) is 4.55. The van der Waals surface area contributed by atoms with Crippen LogP contribution in [0, 0.1) is 24.0 Å². The Kier molecular flexibility index (Phi) is 4.58. The molecule has 0 fully saturated rings. The van der Waals surface area contributed by atoms with E-state index in [-0.39, 0.29) is 11.4 Å². The van der Waals surface area contributed by atoms with E-state index in [1.54, 1.807) is 0 Å². The van der Waals surface area contributed by atoms with Crippen LogP contribution in [-0.2, 0) is 16.6 Å². The number of nitrogens with one attached hydrogen (secondary N) is 1. The molecule has 22 heavy (non-hydrogen) atoms. The average molecular weight is 320 g/mol. The molecule has 116 valence electrons. The Morgan fingerprint density at radius 3 is 2.27 bits per heavy atom. The molecule has 2 rings (SSSR count). The number of rotatable bonds is 5. The van der Waals surface area contributed by atoms with Crippen LogP contribution in [0.4, 0.5) is 5.69 Å². The fourth-order valence-electron chi connectivity index (χ4n) is 2.26. The molecule has 0 aliphatic heterocycles. The van der Waals surface area contributed by atoms with Gasteiger partial charge in [0.15, 0.2) is 4.90 Å². The van der Waals surface area contributed by atoms with E-state index in [2.05, 4.69) is 4.72 Å². The second-order valence-electron chi connectivity index (χ2n) is 5.05. The number of nitro groups is 1. The summed E-state index contributed by atoms with van der Waals surface area (Å²) < 4.78 is 27.0. The fraction of sp³-hybridized carbons (Fsp3) is 0.200. The summed E-state index contributed by atoms with van der Waals surface area (Å²) >= 11 is 0. The van der Waals surface area contributed by atoms with Gasteiger partial charge < -0.3 is 0 Å². The van der Waals surface area contributed by atoms with E-state index in [0.717, 1.165) is 16.7 Å². The van der Waals surface area contributed by atoms with E-state index in [1.165, 1.54) is 24.3 Å². The molecule has 0 saturated heterocycles. The molecule has 0 aliphatic carbocycles. The number of benzene rings is 2. The molecule has 0 heterocycles. The van der Waals surface area contributed by atoms with Gasteiger partial charge in [0.05, 0.1) is 4.92 Å². The number of hydrogen-bond acceptors (Lipinski definition) is 4. The maximum Gasteiger partial charge on any atom is 0.289 e. The van der Waals surface area contributed by atoms with Gasteiger partial charge in [0.1, 0.15) is 0 Å². The summed E-state index contributed by atoms with van der Waals surface area (Å²) in [5.74, 6) is 0. The highest BCUT2D eigenvalue weighted by molar-refractivity contribution is 7.89. The minimum Gasteiger partial charge on any atom is -0.258 e. The van der Waals surface area contributed by atoms with Crippen LogP contribution < -0.4 is 4.72 Å². The average Bonchev–Trinajstić information content (AvgIpc) is 2.44. The highest BCUT2D eigenvalue weighted by atomic mass is 32.2. The second kappa shape index (κ2) is 6.25. The van der Waals surface area contributed by atoms with Gasteiger partial charge in [-0.15, -0.1) is 0 Å². The summed E-state index contributed by atoms with van der Waals surface area (Å²) in [4.78, 5) is 9.91. The molecule has 0 radical (unpaired) electrons. The molecule has 0 unspecified atom stereocenters. The number of sulfonamides is 1. The normalized spacial score (nSPS) is 11.4. The quantitative estimate of drug-likeness (QED) is 0.677. The lowest BCUT2D eigenvalue weighted by Gasteiger charge is -2.09. The van der Waals surface area contributed by atoms with Crippen LogP contribution in [0.1, 0.15) is 16.7 Å². The summed E-state index contributed by atoms with van der Waals surface area (Å²) in [5, 5.41) is 10.9. The summed E-state index contributed by atoms with van der Waals surface area (Å²) in [5.41, 5.74) is 2.43. The van der Waals surface area contributed by atoms with Gasteiger partial charge in [-0.25, -0.2) is 13.1 Å².